The number of rotatable bonds is 3. The number of hydrazine groups is 1. The van der Waals surface area contributed by atoms with Gasteiger partial charge in [-0.2, -0.15) is 5.10 Å². The zero-order chi connectivity index (χ0) is 21.3. The summed E-state index contributed by atoms with van der Waals surface area (Å²) in [6.07, 6.45) is 0. The molecule has 4 aromatic rings. The van der Waals surface area contributed by atoms with E-state index >= 15 is 0 Å². The topological polar surface area (TPSA) is 113 Å². The molecule has 0 aliphatic carbocycles. The number of aryl methyl sites for hydroxylation is 2. The third kappa shape index (κ3) is 3.72. The van der Waals surface area contributed by atoms with Gasteiger partial charge in [0.25, 0.3) is 11.8 Å². The molecular formula is C21H17FN6O2. The Bertz CT molecular complexity index is 1270. The molecule has 2 amide bonds. The number of hydrogen-bond acceptors (Lipinski definition) is 5. The first-order valence-electron chi connectivity index (χ1n) is 9.08. The summed E-state index contributed by atoms with van der Waals surface area (Å²) < 4.78 is 14.0. The minimum absolute atomic E-state index is 0.0320. The van der Waals surface area contributed by atoms with Crippen LogP contribution < -0.4 is 10.9 Å². The van der Waals surface area contributed by atoms with Gasteiger partial charge in [0, 0.05) is 11.6 Å². The number of hydrogen-bond donors (Lipinski definition) is 3. The van der Waals surface area contributed by atoms with Crippen molar-refractivity contribution >= 4 is 22.8 Å². The fourth-order valence-electron chi connectivity index (χ4n) is 2.91. The molecule has 2 aromatic carbocycles. The molecule has 0 fully saturated rings. The van der Waals surface area contributed by atoms with Gasteiger partial charge in [0.2, 0.25) is 0 Å². The molecule has 0 bridgehead atoms. The molecule has 0 aliphatic heterocycles. The molecule has 0 radical (unpaired) electrons. The Morgan fingerprint density at radius 3 is 2.40 bits per heavy atom. The van der Waals surface area contributed by atoms with Crippen LogP contribution in [0.3, 0.4) is 0 Å². The normalized spacial score (nSPS) is 10.8. The van der Waals surface area contributed by atoms with E-state index in [0.717, 1.165) is 11.6 Å². The van der Waals surface area contributed by atoms with Gasteiger partial charge in [-0.1, -0.05) is 30.3 Å². The minimum atomic E-state index is -0.715. The quantitative estimate of drug-likeness (QED) is 0.455. The highest BCUT2D eigenvalue weighted by atomic mass is 19.1. The molecule has 0 unspecified atom stereocenters. The van der Waals surface area contributed by atoms with Crippen LogP contribution in [0.15, 0.2) is 48.5 Å². The van der Waals surface area contributed by atoms with E-state index in [0.29, 0.717) is 17.1 Å². The third-order valence-corrected chi connectivity index (χ3v) is 4.57. The smallest absolute Gasteiger partial charge is 0.272 e. The Hall–Kier alpha value is -4.14. The van der Waals surface area contributed by atoms with Gasteiger partial charge in [-0.15, -0.1) is 0 Å². The molecule has 0 spiro atoms. The molecule has 0 aliphatic rings. The van der Waals surface area contributed by atoms with Crippen molar-refractivity contribution in [2.45, 2.75) is 13.8 Å². The van der Waals surface area contributed by atoms with Gasteiger partial charge in [0.05, 0.1) is 28.2 Å². The van der Waals surface area contributed by atoms with Crippen LogP contribution in [0.4, 0.5) is 4.39 Å². The van der Waals surface area contributed by atoms with Crippen LogP contribution in [-0.4, -0.2) is 32.0 Å². The lowest BCUT2D eigenvalue weighted by Gasteiger charge is -2.10. The van der Waals surface area contributed by atoms with Crippen molar-refractivity contribution in [1.82, 2.24) is 31.0 Å². The molecule has 8 nitrogen and oxygen atoms in total. The predicted molar refractivity (Wildman–Crippen MR) is 108 cm³/mol. The van der Waals surface area contributed by atoms with Crippen molar-refractivity contribution in [1.29, 1.82) is 0 Å². The number of H-pyrrole nitrogens is 1. The summed E-state index contributed by atoms with van der Waals surface area (Å²) in [5.74, 6) is -1.94. The summed E-state index contributed by atoms with van der Waals surface area (Å²) in [5.41, 5.74) is 7.90. The lowest BCUT2D eigenvalue weighted by Crippen LogP contribution is -2.42. The maximum Gasteiger partial charge on any atom is 0.287 e. The lowest BCUT2D eigenvalue weighted by atomic mass is 10.1. The predicted octanol–water partition coefficient (Wildman–Crippen LogP) is 2.85. The van der Waals surface area contributed by atoms with Crippen LogP contribution in [0.2, 0.25) is 0 Å². The van der Waals surface area contributed by atoms with Crippen molar-refractivity contribution in [2.24, 2.45) is 0 Å². The zero-order valence-electron chi connectivity index (χ0n) is 16.2. The first-order chi connectivity index (χ1) is 14.4. The van der Waals surface area contributed by atoms with E-state index in [-0.39, 0.29) is 22.3 Å². The molecule has 30 heavy (non-hydrogen) atoms. The molecule has 150 valence electrons. The summed E-state index contributed by atoms with van der Waals surface area (Å²) in [5, 5.41) is 6.72. The number of fused-ring (bicyclic) bond motifs is 1. The second-order valence-electron chi connectivity index (χ2n) is 6.66. The lowest BCUT2D eigenvalue weighted by molar-refractivity contribution is 0.0844. The fourth-order valence-corrected chi connectivity index (χ4v) is 2.91. The van der Waals surface area contributed by atoms with Crippen molar-refractivity contribution in [3.8, 4) is 11.3 Å². The van der Waals surface area contributed by atoms with Crippen molar-refractivity contribution in [3.05, 3.63) is 77.0 Å². The van der Waals surface area contributed by atoms with Crippen LogP contribution in [0.1, 0.15) is 32.2 Å². The van der Waals surface area contributed by atoms with Crippen LogP contribution in [0.5, 0.6) is 0 Å². The number of carbonyl (C=O) groups is 2. The van der Waals surface area contributed by atoms with E-state index < -0.39 is 17.6 Å². The first-order valence-corrected chi connectivity index (χ1v) is 9.08. The largest absolute Gasteiger partial charge is 0.287 e. The SMILES string of the molecule is Cc1nc2cc(F)cc(C(=O)NNC(=O)c3cc(-c4ccccc4)n[nH]3)c2nc1C. The monoisotopic (exact) mass is 404 g/mol. The van der Waals surface area contributed by atoms with Crippen molar-refractivity contribution in [3.63, 3.8) is 0 Å². The molecule has 0 atom stereocenters. The maximum atomic E-state index is 14.0. The van der Waals surface area contributed by atoms with Crippen LogP contribution in [0, 0.1) is 19.7 Å². The van der Waals surface area contributed by atoms with Crippen LogP contribution >= 0.6 is 0 Å². The fraction of sp³-hybridized carbons (Fsp3) is 0.0952. The average molecular weight is 404 g/mol. The van der Waals surface area contributed by atoms with E-state index in [2.05, 4.69) is 31.0 Å². The van der Waals surface area contributed by atoms with Crippen molar-refractivity contribution < 1.29 is 14.0 Å². The number of amides is 2. The van der Waals surface area contributed by atoms with Crippen LogP contribution in [-0.2, 0) is 0 Å². The number of halogens is 1. The van der Waals surface area contributed by atoms with Crippen molar-refractivity contribution in [2.75, 3.05) is 0 Å². The number of nitrogens with zero attached hydrogens (tertiary/aromatic N) is 3. The standard InChI is InChI=1S/C21H17FN6O2/c1-11-12(2)24-19-15(8-14(22)9-17(19)23-11)20(29)27-28-21(30)18-10-16(25-26-18)13-6-4-3-5-7-13/h3-10H,1-2H3,(H,25,26)(H,27,29)(H,28,30). The first kappa shape index (κ1) is 19.2. The summed E-state index contributed by atoms with van der Waals surface area (Å²) in [6, 6.07) is 13.1. The minimum Gasteiger partial charge on any atom is -0.272 e. The zero-order valence-corrected chi connectivity index (χ0v) is 16.2. The Balaban J connectivity index is 1.52. The second-order valence-corrected chi connectivity index (χ2v) is 6.66. The molecule has 2 heterocycles. The Morgan fingerprint density at radius 1 is 0.933 bits per heavy atom. The van der Waals surface area contributed by atoms with Crippen LogP contribution in [0.25, 0.3) is 22.3 Å². The molecule has 9 heteroatoms. The molecule has 0 saturated heterocycles. The number of nitrogens with one attached hydrogen (secondary N) is 3. The van der Waals surface area contributed by atoms with E-state index in [1.165, 1.54) is 6.07 Å². The Labute approximate surface area is 170 Å². The summed E-state index contributed by atoms with van der Waals surface area (Å²) in [7, 11) is 0. The number of aromatic nitrogens is 4. The van der Waals surface area contributed by atoms with Gasteiger partial charge in [-0.3, -0.25) is 25.5 Å². The molecule has 0 saturated carbocycles. The van der Waals surface area contributed by atoms with E-state index in [1.807, 2.05) is 30.3 Å². The average Bonchev–Trinajstić information content (AvgIpc) is 3.23. The molecule has 2 aromatic heterocycles. The van der Waals surface area contributed by atoms with Gasteiger partial charge in [-0.05, 0) is 26.0 Å². The second kappa shape index (κ2) is 7.70. The highest BCUT2D eigenvalue weighted by molar-refractivity contribution is 6.06. The number of carbonyl (C=O) groups excluding carboxylic acids is 2. The number of aromatic amines is 1. The summed E-state index contributed by atoms with van der Waals surface area (Å²) in [4.78, 5) is 33.5. The molecular weight excluding hydrogens is 387 g/mol. The van der Waals surface area contributed by atoms with Gasteiger partial charge in [-0.25, -0.2) is 14.4 Å². The maximum absolute atomic E-state index is 14.0. The Kier molecular flexibility index (Phi) is 4.93. The summed E-state index contributed by atoms with van der Waals surface area (Å²) in [6.45, 7) is 3.50. The Morgan fingerprint density at radius 2 is 1.63 bits per heavy atom. The summed E-state index contributed by atoms with van der Waals surface area (Å²) >= 11 is 0. The third-order valence-electron chi connectivity index (χ3n) is 4.57. The van der Waals surface area contributed by atoms with E-state index in [9.17, 15) is 14.0 Å². The highest BCUT2D eigenvalue weighted by Gasteiger charge is 2.17. The van der Waals surface area contributed by atoms with E-state index in [4.69, 9.17) is 0 Å². The number of benzene rings is 2. The molecule has 4 rings (SSSR count). The van der Waals surface area contributed by atoms with Gasteiger partial charge >= 0.3 is 0 Å². The van der Waals surface area contributed by atoms with Gasteiger partial charge in [0.1, 0.15) is 17.0 Å². The van der Waals surface area contributed by atoms with Gasteiger partial charge < -0.3 is 0 Å². The molecule has 3 N–H and O–H groups in total. The highest BCUT2D eigenvalue weighted by Crippen LogP contribution is 2.19. The van der Waals surface area contributed by atoms with Gasteiger partial charge in [0.15, 0.2) is 0 Å². The van der Waals surface area contributed by atoms with E-state index in [1.54, 1.807) is 19.9 Å².